The van der Waals surface area contributed by atoms with Crippen molar-refractivity contribution in [1.82, 2.24) is 10.2 Å². The molecule has 3 aliphatic rings. The van der Waals surface area contributed by atoms with E-state index in [0.29, 0.717) is 19.4 Å². The third kappa shape index (κ3) is 2.02. The molecule has 1 saturated carbocycles. The summed E-state index contributed by atoms with van der Waals surface area (Å²) in [5, 5.41) is 10.9. The van der Waals surface area contributed by atoms with E-state index in [0.717, 1.165) is 12.8 Å². The second kappa shape index (κ2) is 4.40. The molecule has 104 valence electrons. The maximum atomic E-state index is 12.2. The molecule has 0 aromatic rings. The summed E-state index contributed by atoms with van der Waals surface area (Å²) in [6.07, 6.45) is 1.51. The number of carbonyl (C=O) groups excluding carboxylic acids is 2. The van der Waals surface area contributed by atoms with E-state index in [9.17, 15) is 14.4 Å². The van der Waals surface area contributed by atoms with Gasteiger partial charge in [0, 0.05) is 12.6 Å². The van der Waals surface area contributed by atoms with Gasteiger partial charge in [-0.25, -0.2) is 4.79 Å². The van der Waals surface area contributed by atoms with Gasteiger partial charge >= 0.3 is 12.1 Å². The molecule has 0 radical (unpaired) electrons. The zero-order chi connectivity index (χ0) is 13.6. The maximum Gasteiger partial charge on any atom is 0.405 e. The first-order valence-electron chi connectivity index (χ1n) is 6.56. The van der Waals surface area contributed by atoms with E-state index in [2.05, 4.69) is 5.32 Å². The van der Waals surface area contributed by atoms with Gasteiger partial charge in [-0.3, -0.25) is 9.59 Å². The Morgan fingerprint density at radius 1 is 1.32 bits per heavy atom. The number of esters is 1. The molecule has 2 heterocycles. The lowest BCUT2D eigenvalue weighted by atomic mass is 9.84. The summed E-state index contributed by atoms with van der Waals surface area (Å²) >= 11 is 0. The van der Waals surface area contributed by atoms with Crippen molar-refractivity contribution in [2.45, 2.75) is 43.9 Å². The van der Waals surface area contributed by atoms with Crippen LogP contribution in [0.15, 0.2) is 0 Å². The number of fused-ring (bicyclic) bond motifs is 2. The molecule has 2 N–H and O–H groups in total. The van der Waals surface area contributed by atoms with E-state index < -0.39 is 12.1 Å². The highest BCUT2D eigenvalue weighted by molar-refractivity contribution is 5.88. The highest BCUT2D eigenvalue weighted by Crippen LogP contribution is 2.38. The Kier molecular flexibility index (Phi) is 2.83. The number of hydrogen-bond donors (Lipinski definition) is 2. The lowest BCUT2D eigenvalue weighted by Gasteiger charge is -2.33. The van der Waals surface area contributed by atoms with Gasteiger partial charge in [0.1, 0.15) is 12.1 Å². The third-order valence-corrected chi connectivity index (χ3v) is 4.29. The van der Waals surface area contributed by atoms with Crippen molar-refractivity contribution >= 4 is 18.0 Å². The van der Waals surface area contributed by atoms with Crippen LogP contribution in [0.25, 0.3) is 0 Å². The summed E-state index contributed by atoms with van der Waals surface area (Å²) in [5.74, 6) is -0.660. The summed E-state index contributed by atoms with van der Waals surface area (Å²) in [6.45, 7) is 0.503. The first-order chi connectivity index (χ1) is 9.06. The van der Waals surface area contributed by atoms with Crippen LogP contribution in [-0.2, 0) is 14.3 Å². The van der Waals surface area contributed by atoms with Crippen molar-refractivity contribution in [2.24, 2.45) is 5.92 Å². The third-order valence-electron chi connectivity index (χ3n) is 4.29. The summed E-state index contributed by atoms with van der Waals surface area (Å²) < 4.78 is 5.22. The lowest BCUT2D eigenvalue weighted by molar-refractivity contribution is -0.145. The second-order valence-corrected chi connectivity index (χ2v) is 5.37. The zero-order valence-electron chi connectivity index (χ0n) is 10.4. The number of hydrogen-bond acceptors (Lipinski definition) is 4. The van der Waals surface area contributed by atoms with Crippen molar-refractivity contribution in [3.05, 3.63) is 0 Å². The minimum absolute atomic E-state index is 0.0133. The van der Waals surface area contributed by atoms with Crippen LogP contribution in [0.4, 0.5) is 4.79 Å². The van der Waals surface area contributed by atoms with Gasteiger partial charge in [-0.05, 0) is 25.7 Å². The summed E-state index contributed by atoms with van der Waals surface area (Å²) in [5.41, 5.74) is 0. The van der Waals surface area contributed by atoms with E-state index in [1.807, 2.05) is 0 Å². The van der Waals surface area contributed by atoms with E-state index >= 15 is 0 Å². The smallest absolute Gasteiger partial charge is 0.405 e. The van der Waals surface area contributed by atoms with Crippen LogP contribution in [0.1, 0.15) is 25.7 Å². The molecule has 0 spiro atoms. The highest BCUT2D eigenvalue weighted by Gasteiger charge is 2.49. The number of carboxylic acid groups (broad SMARTS) is 1. The molecule has 3 fully saturated rings. The molecular weight excluding hydrogens is 252 g/mol. The molecule has 7 heteroatoms. The standard InChI is InChI=1S/C12H16N2O5/c15-10-8(13-12(17)18)3-4-14(10)9-2-1-6-5-7(9)11(16)19-6/h6-9,13H,1-5H2,(H,17,18)/t6-,7-,8+,9+/m1/s1. The number of rotatable bonds is 2. The number of amides is 2. The molecule has 7 nitrogen and oxygen atoms in total. The molecule has 3 rings (SSSR count). The predicted molar refractivity (Wildman–Crippen MR) is 62.3 cm³/mol. The first-order valence-corrected chi connectivity index (χ1v) is 6.56. The van der Waals surface area contributed by atoms with Crippen molar-refractivity contribution in [3.63, 3.8) is 0 Å². The highest BCUT2D eigenvalue weighted by atomic mass is 16.6. The number of nitrogens with zero attached hydrogens (tertiary/aromatic N) is 1. The molecule has 2 amide bonds. The fourth-order valence-corrected chi connectivity index (χ4v) is 3.42. The minimum Gasteiger partial charge on any atom is -0.465 e. The number of nitrogens with one attached hydrogen (secondary N) is 1. The number of carbonyl (C=O) groups is 3. The molecule has 0 unspecified atom stereocenters. The van der Waals surface area contributed by atoms with Gasteiger partial charge in [0.2, 0.25) is 5.91 Å². The first kappa shape index (κ1) is 12.3. The van der Waals surface area contributed by atoms with Gasteiger partial charge in [-0.1, -0.05) is 0 Å². The summed E-state index contributed by atoms with van der Waals surface area (Å²) in [4.78, 5) is 36.2. The fourth-order valence-electron chi connectivity index (χ4n) is 3.42. The molecule has 4 atom stereocenters. The quantitative estimate of drug-likeness (QED) is 0.684. The number of likely N-dealkylation sites (tertiary alicyclic amines) is 1. The van der Waals surface area contributed by atoms with Gasteiger partial charge in [0.25, 0.3) is 0 Å². The SMILES string of the molecule is O=C(O)N[C@H]1CCN([C@H]2CC[C@@H]3C[C@H]2C(=O)O3)C1=O. The molecule has 2 saturated heterocycles. The zero-order valence-corrected chi connectivity index (χ0v) is 10.4. The van der Waals surface area contributed by atoms with E-state index in [-0.39, 0.29) is 29.9 Å². The van der Waals surface area contributed by atoms with Crippen LogP contribution in [0.5, 0.6) is 0 Å². The molecular formula is C12H16N2O5. The predicted octanol–water partition coefficient (Wildman–Crippen LogP) is -0.0510. The Morgan fingerprint density at radius 3 is 2.84 bits per heavy atom. The van der Waals surface area contributed by atoms with Crippen LogP contribution >= 0.6 is 0 Å². The fraction of sp³-hybridized carbons (Fsp3) is 0.750. The Labute approximate surface area is 109 Å². The van der Waals surface area contributed by atoms with Crippen LogP contribution in [0.3, 0.4) is 0 Å². The van der Waals surface area contributed by atoms with Crippen LogP contribution in [0.2, 0.25) is 0 Å². The van der Waals surface area contributed by atoms with Crippen molar-refractivity contribution < 1.29 is 24.2 Å². The van der Waals surface area contributed by atoms with Crippen LogP contribution in [0, 0.1) is 5.92 Å². The molecule has 1 aliphatic carbocycles. The largest absolute Gasteiger partial charge is 0.465 e. The van der Waals surface area contributed by atoms with Gasteiger partial charge in [0.05, 0.1) is 5.92 Å². The molecule has 2 bridgehead atoms. The van der Waals surface area contributed by atoms with Crippen molar-refractivity contribution in [3.8, 4) is 0 Å². The molecule has 2 aliphatic heterocycles. The molecule has 0 aromatic heterocycles. The summed E-state index contributed by atoms with van der Waals surface area (Å²) in [7, 11) is 0. The van der Waals surface area contributed by atoms with E-state index in [4.69, 9.17) is 9.84 Å². The maximum absolute atomic E-state index is 12.2. The summed E-state index contributed by atoms with van der Waals surface area (Å²) in [6, 6.07) is -0.799. The molecule has 0 aromatic carbocycles. The average molecular weight is 268 g/mol. The van der Waals surface area contributed by atoms with Gasteiger partial charge in [-0.2, -0.15) is 0 Å². The van der Waals surface area contributed by atoms with Crippen LogP contribution in [-0.4, -0.2) is 52.7 Å². The second-order valence-electron chi connectivity index (χ2n) is 5.37. The Morgan fingerprint density at radius 2 is 2.11 bits per heavy atom. The van der Waals surface area contributed by atoms with E-state index in [1.54, 1.807) is 4.90 Å². The average Bonchev–Trinajstić information content (AvgIpc) is 2.84. The van der Waals surface area contributed by atoms with Gasteiger partial charge < -0.3 is 20.1 Å². The monoisotopic (exact) mass is 268 g/mol. The number of ether oxygens (including phenoxy) is 1. The van der Waals surface area contributed by atoms with Crippen LogP contribution < -0.4 is 5.32 Å². The minimum atomic E-state index is -1.19. The van der Waals surface area contributed by atoms with Gasteiger partial charge in [0.15, 0.2) is 0 Å². The van der Waals surface area contributed by atoms with Crippen molar-refractivity contribution in [2.75, 3.05) is 6.54 Å². The Bertz CT molecular complexity index is 438. The normalized spacial score (nSPS) is 37.4. The topological polar surface area (TPSA) is 95.9 Å². The van der Waals surface area contributed by atoms with Gasteiger partial charge in [-0.15, -0.1) is 0 Å². The molecule has 19 heavy (non-hydrogen) atoms. The lowest BCUT2D eigenvalue weighted by Crippen LogP contribution is -2.48. The van der Waals surface area contributed by atoms with E-state index in [1.165, 1.54) is 0 Å². The Balaban J connectivity index is 1.71. The van der Waals surface area contributed by atoms with Crippen molar-refractivity contribution in [1.29, 1.82) is 0 Å². The Hall–Kier alpha value is -1.79.